The molecule has 0 bridgehead atoms. The summed E-state index contributed by atoms with van der Waals surface area (Å²) in [6.07, 6.45) is -4.48. The molecule has 2 amide bonds. The van der Waals surface area contributed by atoms with Gasteiger partial charge < -0.3 is 10.6 Å². The van der Waals surface area contributed by atoms with Crippen LogP contribution in [-0.4, -0.2) is 11.8 Å². The molecule has 27 heavy (non-hydrogen) atoms. The lowest BCUT2D eigenvalue weighted by molar-refractivity contribution is -0.137. The summed E-state index contributed by atoms with van der Waals surface area (Å²) in [6, 6.07) is 12.1. The highest BCUT2D eigenvalue weighted by Gasteiger charge is 2.36. The molecule has 0 aromatic heterocycles. The molecule has 5 nitrogen and oxygen atoms in total. The Morgan fingerprint density at radius 2 is 1.48 bits per heavy atom. The zero-order chi connectivity index (χ0) is 20.2. The molecule has 0 aliphatic rings. The van der Waals surface area contributed by atoms with Gasteiger partial charge in [0.2, 0.25) is 11.8 Å². The van der Waals surface area contributed by atoms with Crippen molar-refractivity contribution >= 4 is 23.2 Å². The molecule has 2 aromatic rings. The van der Waals surface area contributed by atoms with Gasteiger partial charge in [-0.3, -0.25) is 9.59 Å². The van der Waals surface area contributed by atoms with Gasteiger partial charge in [-0.2, -0.15) is 18.4 Å². The van der Waals surface area contributed by atoms with E-state index in [1.807, 2.05) is 6.07 Å². The predicted octanol–water partition coefficient (Wildman–Crippen LogP) is 4.18. The monoisotopic (exact) mass is 375 g/mol. The normalized spacial score (nSPS) is 11.4. The molecule has 8 heteroatoms. The minimum atomic E-state index is -4.48. The Morgan fingerprint density at radius 3 is 2.04 bits per heavy atom. The highest BCUT2D eigenvalue weighted by Crippen LogP contribution is 2.30. The number of nitrogens with zero attached hydrogens (tertiary/aromatic N) is 1. The minimum absolute atomic E-state index is 0.131. The maximum Gasteiger partial charge on any atom is 0.416 e. The van der Waals surface area contributed by atoms with Crippen LogP contribution in [0, 0.1) is 16.7 Å². The topological polar surface area (TPSA) is 82.0 Å². The molecule has 2 aromatic carbocycles. The van der Waals surface area contributed by atoms with Crippen molar-refractivity contribution < 1.29 is 22.8 Å². The molecule has 0 aliphatic carbocycles. The number of anilines is 2. The summed E-state index contributed by atoms with van der Waals surface area (Å²) in [5.74, 6) is -1.36. The third-order valence-electron chi connectivity index (χ3n) is 3.90. The zero-order valence-corrected chi connectivity index (χ0v) is 14.5. The third kappa shape index (κ3) is 4.64. The number of hydrogen-bond donors (Lipinski definition) is 2. The summed E-state index contributed by atoms with van der Waals surface area (Å²) in [4.78, 5) is 24.9. The SMILES string of the molecule is CC(C)(C(=O)Nc1ccc(C(F)(F)F)cc1)C(=O)Nc1ccccc1C#N. The average molecular weight is 375 g/mol. The first-order valence-corrected chi connectivity index (χ1v) is 7.85. The second-order valence-corrected chi connectivity index (χ2v) is 6.27. The highest BCUT2D eigenvalue weighted by atomic mass is 19.4. The van der Waals surface area contributed by atoms with Crippen molar-refractivity contribution in [3.05, 3.63) is 59.7 Å². The van der Waals surface area contributed by atoms with Gasteiger partial charge in [-0.25, -0.2) is 0 Å². The average Bonchev–Trinajstić information content (AvgIpc) is 2.61. The van der Waals surface area contributed by atoms with E-state index in [2.05, 4.69) is 10.6 Å². The zero-order valence-electron chi connectivity index (χ0n) is 14.5. The number of hydrogen-bond acceptors (Lipinski definition) is 3. The van der Waals surface area contributed by atoms with Gasteiger partial charge >= 0.3 is 6.18 Å². The van der Waals surface area contributed by atoms with E-state index in [9.17, 15) is 22.8 Å². The van der Waals surface area contributed by atoms with Gasteiger partial charge in [-0.1, -0.05) is 12.1 Å². The molecule has 140 valence electrons. The number of rotatable bonds is 4. The quantitative estimate of drug-likeness (QED) is 0.787. The van der Waals surface area contributed by atoms with Crippen LogP contribution in [0.2, 0.25) is 0 Å². The van der Waals surface area contributed by atoms with Crippen LogP contribution in [-0.2, 0) is 15.8 Å². The van der Waals surface area contributed by atoms with Crippen molar-refractivity contribution in [1.82, 2.24) is 0 Å². The molecular weight excluding hydrogens is 359 g/mol. The maximum atomic E-state index is 12.6. The summed E-state index contributed by atoms with van der Waals surface area (Å²) in [5.41, 5.74) is -1.74. The number of carbonyl (C=O) groups is 2. The van der Waals surface area contributed by atoms with Crippen LogP contribution >= 0.6 is 0 Å². The van der Waals surface area contributed by atoms with E-state index < -0.39 is 29.0 Å². The van der Waals surface area contributed by atoms with Crippen molar-refractivity contribution in [2.24, 2.45) is 5.41 Å². The molecular formula is C19H16F3N3O2. The van der Waals surface area contributed by atoms with E-state index in [1.165, 1.54) is 26.0 Å². The molecule has 0 unspecified atom stereocenters. The lowest BCUT2D eigenvalue weighted by Crippen LogP contribution is -2.41. The van der Waals surface area contributed by atoms with E-state index in [-0.39, 0.29) is 16.9 Å². The fourth-order valence-corrected chi connectivity index (χ4v) is 2.10. The Morgan fingerprint density at radius 1 is 0.926 bits per heavy atom. The number of alkyl halides is 3. The van der Waals surface area contributed by atoms with Crippen LogP contribution in [0.3, 0.4) is 0 Å². The molecule has 0 heterocycles. The Hall–Kier alpha value is -3.34. The van der Waals surface area contributed by atoms with Crippen molar-refractivity contribution in [2.45, 2.75) is 20.0 Å². The number of nitriles is 1. The van der Waals surface area contributed by atoms with E-state index in [1.54, 1.807) is 12.1 Å². The number of nitrogens with one attached hydrogen (secondary N) is 2. The van der Waals surface area contributed by atoms with E-state index in [0.29, 0.717) is 0 Å². The predicted molar refractivity (Wildman–Crippen MR) is 93.6 cm³/mol. The van der Waals surface area contributed by atoms with Crippen LogP contribution in [0.1, 0.15) is 25.0 Å². The molecule has 2 rings (SSSR count). The fourth-order valence-electron chi connectivity index (χ4n) is 2.10. The number of carbonyl (C=O) groups excluding carboxylic acids is 2. The summed E-state index contributed by atoms with van der Waals surface area (Å²) in [7, 11) is 0. The second-order valence-electron chi connectivity index (χ2n) is 6.27. The Labute approximate surface area is 153 Å². The summed E-state index contributed by atoms with van der Waals surface area (Å²) < 4.78 is 37.7. The summed E-state index contributed by atoms with van der Waals surface area (Å²) >= 11 is 0. The van der Waals surface area contributed by atoms with Crippen molar-refractivity contribution in [3.63, 3.8) is 0 Å². The Kier molecular flexibility index (Phi) is 5.55. The minimum Gasteiger partial charge on any atom is -0.325 e. The first-order valence-electron chi connectivity index (χ1n) is 7.85. The van der Waals surface area contributed by atoms with Gasteiger partial charge in [0.05, 0.1) is 16.8 Å². The maximum absolute atomic E-state index is 12.6. The van der Waals surface area contributed by atoms with Gasteiger partial charge in [0.25, 0.3) is 0 Å². The molecule has 0 atom stereocenters. The van der Waals surface area contributed by atoms with Crippen LogP contribution in [0.25, 0.3) is 0 Å². The standard InChI is InChI=1S/C19H16F3N3O2/c1-18(2,17(27)25-15-6-4-3-5-12(15)11-23)16(26)24-14-9-7-13(8-10-14)19(20,21)22/h3-10H,1-2H3,(H,24,26)(H,25,27). The fraction of sp³-hybridized carbons (Fsp3) is 0.211. The van der Waals surface area contributed by atoms with Crippen LogP contribution < -0.4 is 10.6 Å². The first-order chi connectivity index (χ1) is 12.6. The summed E-state index contributed by atoms with van der Waals surface area (Å²) in [6.45, 7) is 2.74. The molecule has 0 saturated heterocycles. The van der Waals surface area contributed by atoms with E-state index in [0.717, 1.165) is 24.3 Å². The smallest absolute Gasteiger partial charge is 0.325 e. The molecule has 2 N–H and O–H groups in total. The third-order valence-corrected chi connectivity index (χ3v) is 3.90. The van der Waals surface area contributed by atoms with Crippen LogP contribution in [0.5, 0.6) is 0 Å². The molecule has 0 spiro atoms. The highest BCUT2D eigenvalue weighted by molar-refractivity contribution is 6.14. The van der Waals surface area contributed by atoms with Crippen molar-refractivity contribution in [3.8, 4) is 6.07 Å². The first kappa shape index (κ1) is 20.0. The van der Waals surface area contributed by atoms with Gasteiger partial charge in [-0.05, 0) is 50.2 Å². The summed E-state index contributed by atoms with van der Waals surface area (Å²) in [5, 5.41) is 14.0. The van der Waals surface area contributed by atoms with Crippen molar-refractivity contribution in [1.29, 1.82) is 5.26 Å². The number of para-hydroxylation sites is 1. The molecule has 0 fully saturated rings. The number of amides is 2. The van der Waals surface area contributed by atoms with Gasteiger partial charge in [0.1, 0.15) is 11.5 Å². The lowest BCUT2D eigenvalue weighted by Gasteiger charge is -2.23. The second kappa shape index (κ2) is 7.50. The molecule has 0 saturated carbocycles. The number of benzene rings is 2. The lowest BCUT2D eigenvalue weighted by atomic mass is 9.90. The van der Waals surface area contributed by atoms with E-state index >= 15 is 0 Å². The van der Waals surface area contributed by atoms with Crippen molar-refractivity contribution in [2.75, 3.05) is 10.6 Å². The van der Waals surface area contributed by atoms with Gasteiger partial charge in [-0.15, -0.1) is 0 Å². The molecule has 0 aliphatic heterocycles. The molecule has 0 radical (unpaired) electrons. The largest absolute Gasteiger partial charge is 0.416 e. The van der Waals surface area contributed by atoms with Gasteiger partial charge in [0, 0.05) is 5.69 Å². The van der Waals surface area contributed by atoms with E-state index in [4.69, 9.17) is 5.26 Å². The Bertz CT molecular complexity index is 898. The Balaban J connectivity index is 2.12. The van der Waals surface area contributed by atoms with Crippen LogP contribution in [0.15, 0.2) is 48.5 Å². The van der Waals surface area contributed by atoms with Crippen LogP contribution in [0.4, 0.5) is 24.5 Å². The number of halogens is 3. The van der Waals surface area contributed by atoms with Gasteiger partial charge in [0.15, 0.2) is 0 Å².